The molecule has 2 aromatic carbocycles. The van der Waals surface area contributed by atoms with Crippen LogP contribution in [0.3, 0.4) is 0 Å². The fourth-order valence-electron chi connectivity index (χ4n) is 6.52. The van der Waals surface area contributed by atoms with Crippen molar-refractivity contribution in [1.82, 2.24) is 19.9 Å². The molecule has 24 heteroatoms. The van der Waals surface area contributed by atoms with Crippen LogP contribution in [0.4, 0.5) is 0 Å². The SMILES string of the molecule is O.O.O.O.O.O=C(O)C1[C@@H](C(=O)[O-])[C@@H](C(=O)O)C(C(=O)O)[C@@H](C(=O)O)[C@H]1C(=O)[O-].[Mn+2].[OH3+].[OH3+].c1cnc2c(c1)ccc1cccnc12.c1cnc2c(c1)ccc1cccnc12. The van der Waals surface area contributed by atoms with Gasteiger partial charge in [-0.1, -0.05) is 48.5 Å². The summed E-state index contributed by atoms with van der Waals surface area (Å²) in [5, 5.41) is 63.3. The van der Waals surface area contributed by atoms with Crippen molar-refractivity contribution in [3.8, 4) is 0 Å². The number of benzene rings is 2. The number of hydrogen-bond donors (Lipinski definition) is 4. The summed E-state index contributed by atoms with van der Waals surface area (Å²) in [6.45, 7) is 0. The number of carbonyl (C=O) groups is 6. The van der Waals surface area contributed by atoms with E-state index >= 15 is 0 Å². The molecule has 0 bridgehead atoms. The fourth-order valence-corrected chi connectivity index (χ4v) is 6.52. The van der Waals surface area contributed by atoms with Crippen molar-refractivity contribution in [2.75, 3.05) is 0 Å². The van der Waals surface area contributed by atoms with Crippen molar-refractivity contribution in [2.45, 2.75) is 0 Å². The van der Waals surface area contributed by atoms with Crippen LogP contribution in [-0.4, -0.2) is 104 Å². The maximum absolute atomic E-state index is 11.3. The molecule has 1 saturated carbocycles. The Morgan fingerprint density at radius 3 is 0.750 bits per heavy atom. The molecule has 7 rings (SSSR count). The van der Waals surface area contributed by atoms with E-state index in [2.05, 4.69) is 68.5 Å². The van der Waals surface area contributed by atoms with E-state index in [-0.39, 0.29) is 55.4 Å². The number of carbonyl (C=O) groups excluding carboxylic acids is 2. The number of rotatable bonds is 6. The first-order chi connectivity index (χ1) is 24.8. The predicted molar refractivity (Wildman–Crippen MR) is 203 cm³/mol. The first kappa shape index (κ1) is 59.8. The van der Waals surface area contributed by atoms with Crippen LogP contribution in [0.1, 0.15) is 0 Å². The molecule has 60 heavy (non-hydrogen) atoms. The molecule has 1 radical (unpaired) electrons. The Balaban J connectivity index is -0.000000381. The van der Waals surface area contributed by atoms with Gasteiger partial charge in [0, 0.05) is 70.1 Å². The molecule has 0 saturated heterocycles. The van der Waals surface area contributed by atoms with Gasteiger partial charge in [0.05, 0.1) is 45.7 Å². The average Bonchev–Trinajstić information content (AvgIpc) is 3.13. The van der Waals surface area contributed by atoms with E-state index in [9.17, 15) is 39.0 Å². The van der Waals surface area contributed by atoms with Crippen LogP contribution >= 0.6 is 0 Å². The zero-order chi connectivity index (χ0) is 37.7. The average molecular weight is 890 g/mol. The summed E-state index contributed by atoms with van der Waals surface area (Å²) in [7, 11) is 0. The molecular formula is C36H42MnN4O19+2. The van der Waals surface area contributed by atoms with Crippen LogP contribution < -0.4 is 10.2 Å². The van der Waals surface area contributed by atoms with E-state index in [0.717, 1.165) is 43.6 Å². The smallest absolute Gasteiger partial charge is 0.550 e. The molecule has 1 fully saturated rings. The Labute approximate surface area is 346 Å². The molecule has 4 aromatic heterocycles. The summed E-state index contributed by atoms with van der Waals surface area (Å²) < 4.78 is 0. The van der Waals surface area contributed by atoms with Crippen molar-refractivity contribution < 1.29 is 115 Å². The molecular weight excluding hydrogens is 847 g/mol. The normalized spacial score (nSPS) is 18.1. The Morgan fingerprint density at radius 2 is 0.567 bits per heavy atom. The van der Waals surface area contributed by atoms with E-state index in [1.165, 1.54) is 0 Å². The van der Waals surface area contributed by atoms with Gasteiger partial charge >= 0.3 is 40.9 Å². The Bertz CT molecular complexity index is 2020. The van der Waals surface area contributed by atoms with Gasteiger partial charge in [0.1, 0.15) is 0 Å². The second kappa shape index (κ2) is 25.5. The minimum Gasteiger partial charge on any atom is -0.550 e. The van der Waals surface area contributed by atoms with Crippen LogP contribution in [0.25, 0.3) is 43.6 Å². The third-order valence-corrected chi connectivity index (χ3v) is 8.70. The molecule has 23 nitrogen and oxygen atoms in total. The zero-order valence-electron chi connectivity index (χ0n) is 30.6. The zero-order valence-corrected chi connectivity index (χ0v) is 31.8. The van der Waals surface area contributed by atoms with Crippen LogP contribution in [0.2, 0.25) is 0 Å². The topological polar surface area (TPSA) is 505 Å². The monoisotopic (exact) mass is 889 g/mol. The third-order valence-electron chi connectivity index (χ3n) is 8.70. The molecule has 1 aliphatic rings. The molecule has 1 aliphatic carbocycles. The Morgan fingerprint density at radius 1 is 0.383 bits per heavy atom. The van der Waals surface area contributed by atoms with Gasteiger partial charge in [-0.25, -0.2) is 0 Å². The first-order valence-corrected chi connectivity index (χ1v) is 15.3. The minimum absolute atomic E-state index is 0. The van der Waals surface area contributed by atoms with Crippen molar-refractivity contribution in [1.29, 1.82) is 0 Å². The van der Waals surface area contributed by atoms with Crippen molar-refractivity contribution in [3.05, 3.63) is 97.6 Å². The number of pyridine rings is 4. The summed E-state index contributed by atoms with van der Waals surface area (Å²) in [6.07, 6.45) is 7.21. The molecule has 0 spiro atoms. The molecule has 0 aliphatic heterocycles. The first-order valence-electron chi connectivity index (χ1n) is 15.3. The number of hydrogen-bond acceptors (Lipinski definition) is 12. The molecule has 20 N–H and O–H groups in total. The molecule has 6 atom stereocenters. The van der Waals surface area contributed by atoms with Gasteiger partial charge in [-0.15, -0.1) is 0 Å². The van der Waals surface area contributed by atoms with Gasteiger partial charge in [-0.3, -0.25) is 39.1 Å². The van der Waals surface area contributed by atoms with Crippen LogP contribution in [0.5, 0.6) is 0 Å². The number of carboxylic acid groups (broad SMARTS) is 6. The molecule has 325 valence electrons. The number of aliphatic carboxylic acids is 6. The van der Waals surface area contributed by atoms with Crippen molar-refractivity contribution >= 4 is 79.4 Å². The minimum atomic E-state index is -2.58. The maximum atomic E-state index is 11.3. The van der Waals surface area contributed by atoms with Gasteiger partial charge in [-0.2, -0.15) is 0 Å². The van der Waals surface area contributed by atoms with Crippen molar-refractivity contribution in [3.63, 3.8) is 0 Å². The molecule has 4 heterocycles. The number of carboxylic acids is 6. The van der Waals surface area contributed by atoms with Gasteiger partial charge in [0.25, 0.3) is 0 Å². The predicted octanol–water partition coefficient (Wildman–Crippen LogP) is -4.87. The summed E-state index contributed by atoms with van der Waals surface area (Å²) >= 11 is 0. The van der Waals surface area contributed by atoms with Crippen LogP contribution in [-0.2, 0) is 56.8 Å². The van der Waals surface area contributed by atoms with E-state index in [0.29, 0.717) is 0 Å². The largest absolute Gasteiger partial charge is 2.00 e. The van der Waals surface area contributed by atoms with Gasteiger partial charge in [-0.05, 0) is 24.3 Å². The van der Waals surface area contributed by atoms with Gasteiger partial charge in [0.15, 0.2) is 0 Å². The summed E-state index contributed by atoms with van der Waals surface area (Å²) in [5.74, 6) is -28.4. The quantitative estimate of drug-likeness (QED) is 0.0692. The van der Waals surface area contributed by atoms with Crippen LogP contribution in [0, 0.1) is 35.5 Å². The number of aromatic nitrogens is 4. The van der Waals surface area contributed by atoms with Gasteiger partial charge in [0.2, 0.25) is 0 Å². The van der Waals surface area contributed by atoms with E-state index < -0.39 is 71.3 Å². The number of fused-ring (bicyclic) bond motifs is 6. The summed E-state index contributed by atoms with van der Waals surface area (Å²) in [5.41, 5.74) is 3.91. The third kappa shape index (κ3) is 12.1. The maximum Gasteiger partial charge on any atom is 2.00 e. The van der Waals surface area contributed by atoms with Crippen molar-refractivity contribution in [2.24, 2.45) is 35.5 Å². The number of nitrogens with zero attached hydrogens (tertiary/aromatic N) is 4. The second-order valence-corrected chi connectivity index (χ2v) is 11.6. The molecule has 0 amide bonds. The van der Waals surface area contributed by atoms with E-state index in [1.54, 1.807) is 24.8 Å². The summed E-state index contributed by atoms with van der Waals surface area (Å²) in [6, 6.07) is 24.3. The fraction of sp³-hybridized carbons (Fsp3) is 0.167. The van der Waals surface area contributed by atoms with E-state index in [1.807, 2.05) is 24.3 Å². The van der Waals surface area contributed by atoms with Gasteiger partial charge < -0.3 is 78.6 Å². The molecule has 2 unspecified atom stereocenters. The van der Waals surface area contributed by atoms with Crippen LogP contribution in [0.15, 0.2) is 97.6 Å². The standard InChI is InChI=1S/2C12H8N2.C12H12O12.Mn.7H2O/c2*1-3-9-5-6-10-4-2-8-14-12(10)11(9)13-7-1;13-7(14)1-2(8(15)16)4(10(19)20)6(12(23)24)5(11(21)22)3(1)9(17)18;;;;;;;;/h2*1-8H;1-6H,(H,13,14)(H,15,16)(H,17,18)(H,19,20)(H,21,22)(H,23,24);;7*1H2/q;;;+2;;;;;;;/t;;1-,2+,3?,4?,5-,6+;;;;;;;;. The Hall–Kier alpha value is -6.86. The van der Waals surface area contributed by atoms with E-state index in [4.69, 9.17) is 20.4 Å². The molecule has 6 aromatic rings. The summed E-state index contributed by atoms with van der Waals surface area (Å²) in [4.78, 5) is 85.0. The second-order valence-electron chi connectivity index (χ2n) is 11.6. The Kier molecular flexibility index (Phi) is 25.4.